The molecule has 1 rings (SSSR count). The molecule has 1 unspecified atom stereocenters. The largest absolute Gasteiger partial charge is 0.389 e. The Kier molecular flexibility index (Phi) is 9.19. The van der Waals surface area contributed by atoms with Gasteiger partial charge in [-0.05, 0) is 18.6 Å². The Hall–Kier alpha value is -1.00. The summed E-state index contributed by atoms with van der Waals surface area (Å²) >= 11 is 0. The van der Waals surface area contributed by atoms with Gasteiger partial charge in [0, 0.05) is 19.0 Å². The van der Waals surface area contributed by atoms with Crippen LogP contribution >= 0.6 is 0 Å². The molecule has 0 saturated heterocycles. The Morgan fingerprint density at radius 2 is 1.79 bits per heavy atom. The van der Waals surface area contributed by atoms with Crippen LogP contribution in [-0.2, 0) is 4.74 Å². The molecule has 0 fully saturated rings. The molecule has 0 aromatic carbocycles. The lowest BCUT2D eigenvalue weighted by Gasteiger charge is -2.13. The monoisotopic (exact) mass is 268 g/mol. The molecule has 19 heavy (non-hydrogen) atoms. The van der Waals surface area contributed by atoms with E-state index < -0.39 is 6.10 Å². The lowest BCUT2D eigenvalue weighted by Crippen LogP contribution is -2.29. The summed E-state index contributed by atoms with van der Waals surface area (Å²) in [4.78, 5) is 0. The van der Waals surface area contributed by atoms with Crippen LogP contribution < -0.4 is 5.43 Å². The molecule has 0 radical (unpaired) electrons. The first-order chi connectivity index (χ1) is 9.33. The van der Waals surface area contributed by atoms with Crippen molar-refractivity contribution in [2.75, 3.05) is 25.2 Å². The van der Waals surface area contributed by atoms with Gasteiger partial charge in [0.25, 0.3) is 0 Å². The van der Waals surface area contributed by atoms with Gasteiger partial charge in [0.1, 0.15) is 0 Å². The van der Waals surface area contributed by atoms with E-state index in [1.54, 1.807) is 0 Å². The van der Waals surface area contributed by atoms with Crippen LogP contribution in [-0.4, -0.2) is 35.6 Å². The molecule has 1 heterocycles. The number of aliphatic hydroxyl groups is 1. The van der Waals surface area contributed by atoms with Crippen LogP contribution in [0.15, 0.2) is 24.5 Å². The predicted molar refractivity (Wildman–Crippen MR) is 78.9 cm³/mol. The fourth-order valence-corrected chi connectivity index (χ4v) is 1.91. The molecule has 110 valence electrons. The van der Waals surface area contributed by atoms with Crippen LogP contribution in [0.1, 0.15) is 45.4 Å². The summed E-state index contributed by atoms with van der Waals surface area (Å²) in [6.07, 6.45) is 11.0. The van der Waals surface area contributed by atoms with Crippen molar-refractivity contribution in [2.45, 2.75) is 51.6 Å². The summed E-state index contributed by atoms with van der Waals surface area (Å²) in [5.74, 6) is 0. The Morgan fingerprint density at radius 3 is 2.53 bits per heavy atom. The number of nitrogens with zero attached hydrogens (tertiary/aromatic N) is 1. The van der Waals surface area contributed by atoms with Gasteiger partial charge in [-0.15, -0.1) is 0 Å². The lowest BCUT2D eigenvalue weighted by atomic mass is 10.1. The molecular weight excluding hydrogens is 240 g/mol. The third-order valence-electron chi connectivity index (χ3n) is 3.07. The Balaban J connectivity index is 1.86. The third-order valence-corrected chi connectivity index (χ3v) is 3.07. The van der Waals surface area contributed by atoms with Gasteiger partial charge in [0.05, 0.1) is 19.3 Å². The van der Waals surface area contributed by atoms with E-state index in [1.807, 2.05) is 29.2 Å². The smallest absolute Gasteiger partial charge is 0.0961 e. The summed E-state index contributed by atoms with van der Waals surface area (Å²) in [6, 6.07) is 3.88. The molecule has 1 aromatic rings. The minimum absolute atomic E-state index is 0.406. The summed E-state index contributed by atoms with van der Waals surface area (Å²) in [6.45, 7) is 3.90. The molecule has 1 aromatic heterocycles. The molecule has 0 aliphatic heterocycles. The average molecular weight is 268 g/mol. The van der Waals surface area contributed by atoms with Crippen molar-refractivity contribution in [3.05, 3.63) is 24.5 Å². The molecule has 0 amide bonds. The van der Waals surface area contributed by atoms with E-state index in [-0.39, 0.29) is 0 Å². The number of aromatic nitrogens is 1. The number of hydrogen-bond acceptors (Lipinski definition) is 3. The average Bonchev–Trinajstić information content (AvgIpc) is 2.93. The van der Waals surface area contributed by atoms with Gasteiger partial charge >= 0.3 is 0 Å². The van der Waals surface area contributed by atoms with Crippen LogP contribution in [0.3, 0.4) is 0 Å². The highest BCUT2D eigenvalue weighted by Gasteiger charge is 2.03. The molecule has 0 saturated carbocycles. The quantitative estimate of drug-likeness (QED) is 0.573. The summed E-state index contributed by atoms with van der Waals surface area (Å²) < 4.78 is 7.30. The van der Waals surface area contributed by atoms with Crippen molar-refractivity contribution in [2.24, 2.45) is 0 Å². The molecule has 1 atom stereocenters. The second-order valence-corrected chi connectivity index (χ2v) is 4.95. The van der Waals surface area contributed by atoms with Crippen LogP contribution in [0.2, 0.25) is 0 Å². The number of ether oxygens (including phenoxy) is 1. The van der Waals surface area contributed by atoms with E-state index in [0.717, 1.165) is 13.0 Å². The SMILES string of the molecule is CCCCCCCCOCC(O)CNn1cccc1. The van der Waals surface area contributed by atoms with Crippen LogP contribution in [0.5, 0.6) is 0 Å². The third kappa shape index (κ3) is 8.67. The van der Waals surface area contributed by atoms with Gasteiger partial charge in [-0.1, -0.05) is 39.0 Å². The van der Waals surface area contributed by atoms with E-state index in [0.29, 0.717) is 13.2 Å². The number of aliphatic hydroxyl groups excluding tert-OH is 1. The van der Waals surface area contributed by atoms with Gasteiger partial charge in [-0.25, -0.2) is 0 Å². The molecule has 0 bridgehead atoms. The van der Waals surface area contributed by atoms with E-state index in [4.69, 9.17) is 4.74 Å². The van der Waals surface area contributed by atoms with Crippen molar-refractivity contribution in [1.29, 1.82) is 0 Å². The summed E-state index contributed by atoms with van der Waals surface area (Å²) in [5, 5.41) is 9.72. The Labute approximate surface area is 116 Å². The van der Waals surface area contributed by atoms with Crippen molar-refractivity contribution in [1.82, 2.24) is 4.68 Å². The number of nitrogens with one attached hydrogen (secondary N) is 1. The van der Waals surface area contributed by atoms with Gasteiger partial charge in [0.2, 0.25) is 0 Å². The van der Waals surface area contributed by atoms with Crippen LogP contribution in [0.4, 0.5) is 0 Å². The normalized spacial score (nSPS) is 12.5. The number of hydrogen-bond donors (Lipinski definition) is 2. The zero-order valence-corrected chi connectivity index (χ0v) is 12.1. The molecule has 0 aliphatic rings. The minimum atomic E-state index is -0.456. The second-order valence-electron chi connectivity index (χ2n) is 4.95. The zero-order chi connectivity index (χ0) is 13.8. The Bertz CT molecular complexity index is 288. The van der Waals surface area contributed by atoms with Gasteiger partial charge in [-0.3, -0.25) is 4.68 Å². The first kappa shape index (κ1) is 16.1. The van der Waals surface area contributed by atoms with Crippen molar-refractivity contribution in [3.63, 3.8) is 0 Å². The van der Waals surface area contributed by atoms with Gasteiger partial charge < -0.3 is 15.3 Å². The fourth-order valence-electron chi connectivity index (χ4n) is 1.91. The summed E-state index contributed by atoms with van der Waals surface area (Å²) in [7, 11) is 0. The van der Waals surface area contributed by atoms with Crippen molar-refractivity contribution in [3.8, 4) is 0 Å². The maximum Gasteiger partial charge on any atom is 0.0961 e. The van der Waals surface area contributed by atoms with Crippen LogP contribution in [0, 0.1) is 0 Å². The molecule has 0 aliphatic carbocycles. The van der Waals surface area contributed by atoms with Crippen molar-refractivity contribution < 1.29 is 9.84 Å². The highest BCUT2D eigenvalue weighted by molar-refractivity contribution is 4.93. The van der Waals surface area contributed by atoms with Crippen molar-refractivity contribution >= 4 is 0 Å². The molecular formula is C15H28N2O2. The second kappa shape index (κ2) is 10.9. The van der Waals surface area contributed by atoms with E-state index in [1.165, 1.54) is 32.1 Å². The molecule has 4 heteroatoms. The molecule has 0 spiro atoms. The topological polar surface area (TPSA) is 46.4 Å². The van der Waals surface area contributed by atoms with E-state index in [9.17, 15) is 5.11 Å². The first-order valence-electron chi connectivity index (χ1n) is 7.45. The maximum absolute atomic E-state index is 9.72. The lowest BCUT2D eigenvalue weighted by molar-refractivity contribution is 0.0405. The minimum Gasteiger partial charge on any atom is -0.389 e. The zero-order valence-electron chi connectivity index (χ0n) is 12.1. The van der Waals surface area contributed by atoms with Gasteiger partial charge in [0.15, 0.2) is 0 Å². The van der Waals surface area contributed by atoms with Gasteiger partial charge in [-0.2, -0.15) is 0 Å². The number of rotatable bonds is 12. The highest BCUT2D eigenvalue weighted by Crippen LogP contribution is 2.04. The summed E-state index contributed by atoms with van der Waals surface area (Å²) in [5.41, 5.74) is 3.09. The standard InChI is InChI=1S/C15H28N2O2/c1-2-3-4-5-6-9-12-19-14-15(18)13-16-17-10-7-8-11-17/h7-8,10-11,15-16,18H,2-6,9,12-14H2,1H3. The molecule has 2 N–H and O–H groups in total. The maximum atomic E-state index is 9.72. The first-order valence-corrected chi connectivity index (χ1v) is 7.45. The van der Waals surface area contributed by atoms with E-state index in [2.05, 4.69) is 12.3 Å². The fraction of sp³-hybridized carbons (Fsp3) is 0.733. The van der Waals surface area contributed by atoms with Crippen LogP contribution in [0.25, 0.3) is 0 Å². The predicted octanol–water partition coefficient (Wildman–Crippen LogP) is 2.77. The Morgan fingerprint density at radius 1 is 1.11 bits per heavy atom. The molecule has 4 nitrogen and oxygen atoms in total. The highest BCUT2D eigenvalue weighted by atomic mass is 16.5. The van der Waals surface area contributed by atoms with E-state index >= 15 is 0 Å². The number of unbranched alkanes of at least 4 members (excludes halogenated alkanes) is 5.